The Balaban J connectivity index is 2.25. The van der Waals surface area contributed by atoms with Gasteiger partial charge in [0.15, 0.2) is 12.6 Å². The summed E-state index contributed by atoms with van der Waals surface area (Å²) in [6, 6.07) is -1.46. The van der Waals surface area contributed by atoms with Crippen molar-refractivity contribution in [2.45, 2.75) is 68.3 Å². The molecule has 2 saturated heterocycles. The van der Waals surface area contributed by atoms with Gasteiger partial charge in [-0.25, -0.2) is 4.18 Å². The molecule has 10 unspecified atom stereocenters. The van der Waals surface area contributed by atoms with Gasteiger partial charge >= 0.3 is 10.4 Å². The van der Waals surface area contributed by atoms with Crippen LogP contribution in [0.2, 0.25) is 0 Å². The summed E-state index contributed by atoms with van der Waals surface area (Å²) in [6.07, 6.45) is -15.3. The quantitative estimate of drug-likeness (QED) is 0.164. The van der Waals surface area contributed by atoms with Gasteiger partial charge in [-0.3, -0.25) is 9.35 Å². The molecule has 15 nitrogen and oxygen atoms in total. The monoisotopic (exact) mass is 463 g/mol. The third-order valence-electron chi connectivity index (χ3n) is 4.58. The van der Waals surface area contributed by atoms with E-state index in [9.17, 15) is 43.9 Å². The van der Waals surface area contributed by atoms with Crippen molar-refractivity contribution < 1.29 is 66.8 Å². The van der Waals surface area contributed by atoms with Gasteiger partial charge in [0, 0.05) is 6.92 Å². The van der Waals surface area contributed by atoms with E-state index in [0.717, 1.165) is 6.92 Å². The van der Waals surface area contributed by atoms with Crippen LogP contribution < -0.4 is 5.32 Å². The van der Waals surface area contributed by atoms with Crippen molar-refractivity contribution in [3.05, 3.63) is 0 Å². The summed E-state index contributed by atoms with van der Waals surface area (Å²) in [7, 11) is -4.94. The summed E-state index contributed by atoms with van der Waals surface area (Å²) >= 11 is 0. The van der Waals surface area contributed by atoms with Crippen molar-refractivity contribution in [1.29, 1.82) is 0 Å². The summed E-state index contributed by atoms with van der Waals surface area (Å²) in [5, 5.41) is 61.8. The van der Waals surface area contributed by atoms with E-state index in [-0.39, 0.29) is 0 Å². The summed E-state index contributed by atoms with van der Waals surface area (Å²) in [5.41, 5.74) is 0. The molecule has 2 aliphatic rings. The van der Waals surface area contributed by atoms with Crippen molar-refractivity contribution in [3.63, 3.8) is 0 Å². The Hall–Kier alpha value is -1.02. The first-order valence-electron chi connectivity index (χ1n) is 8.72. The number of hydrogen-bond donors (Lipinski definition) is 8. The lowest BCUT2D eigenvalue weighted by atomic mass is 9.95. The van der Waals surface area contributed by atoms with Crippen LogP contribution in [0.25, 0.3) is 0 Å². The molecule has 176 valence electrons. The molecule has 0 bridgehead atoms. The van der Waals surface area contributed by atoms with Crippen LogP contribution in [-0.2, 0) is 33.6 Å². The highest BCUT2D eigenvalue weighted by molar-refractivity contribution is 7.80. The van der Waals surface area contributed by atoms with Gasteiger partial charge in [0.1, 0.15) is 48.8 Å². The molecule has 0 radical (unpaired) electrons. The van der Waals surface area contributed by atoms with Crippen molar-refractivity contribution in [2.75, 3.05) is 13.2 Å². The van der Waals surface area contributed by atoms with E-state index in [4.69, 9.17) is 18.8 Å². The zero-order valence-corrected chi connectivity index (χ0v) is 16.4. The lowest BCUT2D eigenvalue weighted by Crippen LogP contribution is -2.67. The summed E-state index contributed by atoms with van der Waals surface area (Å²) < 4.78 is 50.3. The van der Waals surface area contributed by atoms with Gasteiger partial charge in [0.2, 0.25) is 5.91 Å². The van der Waals surface area contributed by atoms with E-state index in [1.807, 2.05) is 0 Å². The average molecular weight is 463 g/mol. The molecule has 30 heavy (non-hydrogen) atoms. The van der Waals surface area contributed by atoms with Crippen LogP contribution >= 0.6 is 0 Å². The van der Waals surface area contributed by atoms with Crippen molar-refractivity contribution in [1.82, 2.24) is 5.32 Å². The molecule has 0 aliphatic carbocycles. The van der Waals surface area contributed by atoms with Gasteiger partial charge in [0.05, 0.1) is 13.2 Å². The van der Waals surface area contributed by atoms with E-state index in [2.05, 4.69) is 9.50 Å². The van der Waals surface area contributed by atoms with Crippen LogP contribution in [0.15, 0.2) is 0 Å². The number of carbonyl (C=O) groups is 1. The highest BCUT2D eigenvalue weighted by Crippen LogP contribution is 2.29. The SMILES string of the molecule is CC(=O)NC1C(O)OC(COS(=O)(=O)O)C(OC2OC(CO)C(O)C(O)C2O)C1O. The van der Waals surface area contributed by atoms with Crippen molar-refractivity contribution in [2.24, 2.45) is 0 Å². The Morgan fingerprint density at radius 3 is 2.17 bits per heavy atom. The first-order valence-corrected chi connectivity index (χ1v) is 10.1. The lowest BCUT2D eigenvalue weighted by Gasteiger charge is -2.46. The maximum absolute atomic E-state index is 11.3. The van der Waals surface area contributed by atoms with Crippen molar-refractivity contribution >= 4 is 16.3 Å². The summed E-state index contributed by atoms with van der Waals surface area (Å²) in [4.78, 5) is 11.3. The van der Waals surface area contributed by atoms with E-state index in [0.29, 0.717) is 0 Å². The Labute approximate surface area is 170 Å². The van der Waals surface area contributed by atoms with Crippen molar-refractivity contribution in [3.8, 4) is 0 Å². The molecule has 10 atom stereocenters. The Kier molecular flexibility index (Phi) is 8.47. The normalized spacial score (nSPS) is 42.7. The van der Waals surface area contributed by atoms with Crippen LogP contribution in [0.5, 0.6) is 0 Å². The molecule has 0 aromatic heterocycles. The average Bonchev–Trinajstić information content (AvgIpc) is 2.65. The number of nitrogens with one attached hydrogen (secondary N) is 1. The second-order valence-corrected chi connectivity index (χ2v) is 7.88. The number of rotatable bonds is 7. The second kappa shape index (κ2) is 10.1. The zero-order valence-electron chi connectivity index (χ0n) is 15.6. The number of aliphatic hydroxyl groups is 6. The predicted octanol–water partition coefficient (Wildman–Crippen LogP) is -5.43. The van der Waals surface area contributed by atoms with E-state index in [1.165, 1.54) is 0 Å². The maximum atomic E-state index is 11.3. The molecule has 0 aromatic rings. The molecule has 0 spiro atoms. The summed E-state index contributed by atoms with van der Waals surface area (Å²) in [6.45, 7) is -0.640. The number of aliphatic hydroxyl groups excluding tert-OH is 6. The molecular formula is C14H25NO14S. The largest absolute Gasteiger partial charge is 0.397 e. The third kappa shape index (κ3) is 6.02. The number of carbonyl (C=O) groups excluding carboxylic acids is 1. The summed E-state index contributed by atoms with van der Waals surface area (Å²) in [5.74, 6) is -0.666. The fraction of sp³-hybridized carbons (Fsp3) is 0.929. The smallest absolute Gasteiger partial charge is 0.394 e. The van der Waals surface area contributed by atoms with E-state index >= 15 is 0 Å². The predicted molar refractivity (Wildman–Crippen MR) is 90.6 cm³/mol. The van der Waals surface area contributed by atoms with Gasteiger partial charge in [-0.2, -0.15) is 8.42 Å². The molecule has 2 aliphatic heterocycles. The molecular weight excluding hydrogens is 438 g/mol. The Morgan fingerprint density at radius 2 is 1.63 bits per heavy atom. The lowest BCUT2D eigenvalue weighted by molar-refractivity contribution is -0.344. The minimum atomic E-state index is -4.94. The van der Waals surface area contributed by atoms with E-state index < -0.39 is 90.9 Å². The molecule has 2 rings (SSSR count). The number of hydrogen-bond acceptors (Lipinski definition) is 13. The van der Waals surface area contributed by atoms with E-state index in [1.54, 1.807) is 0 Å². The molecule has 0 saturated carbocycles. The third-order valence-corrected chi connectivity index (χ3v) is 5.02. The van der Waals surface area contributed by atoms with Crippen LogP contribution in [0, 0.1) is 0 Å². The first-order chi connectivity index (χ1) is 13.9. The topological polar surface area (TPSA) is 242 Å². The van der Waals surface area contributed by atoms with Crippen LogP contribution in [-0.4, -0.2) is 124 Å². The maximum Gasteiger partial charge on any atom is 0.397 e. The molecule has 16 heteroatoms. The molecule has 8 N–H and O–H groups in total. The Bertz CT molecular complexity index is 688. The van der Waals surface area contributed by atoms with Gasteiger partial charge in [-0.05, 0) is 0 Å². The highest BCUT2D eigenvalue weighted by Gasteiger charge is 2.51. The number of ether oxygens (including phenoxy) is 3. The Morgan fingerprint density at radius 1 is 1.00 bits per heavy atom. The number of amides is 1. The minimum Gasteiger partial charge on any atom is -0.394 e. The van der Waals surface area contributed by atoms with Crippen LogP contribution in [0.4, 0.5) is 0 Å². The standard InChI is InChI=1S/C14H25NO14S/c1-4(17)15-7-9(19)12(6(27-13(7)22)3-26-30(23,24)25)29-14-11(21)10(20)8(18)5(2-16)28-14/h5-14,16,18-22H,2-3H2,1H3,(H,15,17)(H,23,24,25). The fourth-order valence-corrected chi connectivity index (χ4v) is 3.42. The first kappa shape index (κ1) is 25.2. The van der Waals surface area contributed by atoms with Gasteiger partial charge < -0.3 is 50.2 Å². The molecule has 1 amide bonds. The van der Waals surface area contributed by atoms with Gasteiger partial charge in [-0.1, -0.05) is 0 Å². The van der Waals surface area contributed by atoms with Crippen LogP contribution in [0.3, 0.4) is 0 Å². The highest BCUT2D eigenvalue weighted by atomic mass is 32.3. The minimum absolute atomic E-state index is 0.666. The van der Waals surface area contributed by atoms with Crippen LogP contribution in [0.1, 0.15) is 6.92 Å². The molecule has 2 heterocycles. The second-order valence-electron chi connectivity index (χ2n) is 6.79. The zero-order chi connectivity index (χ0) is 22.8. The van der Waals surface area contributed by atoms with Gasteiger partial charge in [-0.15, -0.1) is 0 Å². The van der Waals surface area contributed by atoms with Gasteiger partial charge in [0.25, 0.3) is 0 Å². The molecule has 0 aromatic carbocycles. The molecule has 2 fully saturated rings. The fourth-order valence-electron chi connectivity index (χ4n) is 3.12.